The Balaban J connectivity index is 2.63. The second-order valence-corrected chi connectivity index (χ2v) is 7.12. The van der Waals surface area contributed by atoms with Gasteiger partial charge in [-0.1, -0.05) is 20.8 Å². The number of rotatable bonds is 1. The third-order valence-electron chi connectivity index (χ3n) is 2.77. The van der Waals surface area contributed by atoms with Gasteiger partial charge < -0.3 is 5.73 Å². The second-order valence-electron chi connectivity index (χ2n) is 5.47. The van der Waals surface area contributed by atoms with Crippen LogP contribution in [0.2, 0.25) is 0 Å². The third kappa shape index (κ3) is 3.01. The Morgan fingerprint density at radius 1 is 1.15 bits per heavy atom. The summed E-state index contributed by atoms with van der Waals surface area (Å²) in [6.07, 6.45) is 0. The van der Waals surface area contributed by atoms with Crippen LogP contribution in [0.1, 0.15) is 26.5 Å². The predicted molar refractivity (Wildman–Crippen MR) is 85.9 cm³/mol. The lowest BCUT2D eigenvalue weighted by Gasteiger charge is -2.21. The molecule has 2 rings (SSSR count). The van der Waals surface area contributed by atoms with Crippen molar-refractivity contribution < 1.29 is 4.39 Å². The van der Waals surface area contributed by atoms with Crippen LogP contribution in [-0.2, 0) is 5.41 Å². The molecule has 1 aromatic carbocycles. The molecule has 6 heteroatoms. The molecule has 2 N–H and O–H groups in total. The fourth-order valence-electron chi connectivity index (χ4n) is 1.73. The molecule has 1 heterocycles. The van der Waals surface area contributed by atoms with Crippen molar-refractivity contribution in [2.24, 2.45) is 0 Å². The molecule has 0 unspecified atom stereocenters. The van der Waals surface area contributed by atoms with Crippen molar-refractivity contribution in [3.63, 3.8) is 0 Å². The van der Waals surface area contributed by atoms with Gasteiger partial charge in [0.1, 0.15) is 11.6 Å². The van der Waals surface area contributed by atoms with E-state index >= 15 is 0 Å². The van der Waals surface area contributed by atoms with Gasteiger partial charge in [0.05, 0.1) is 14.6 Å². The molecule has 0 radical (unpaired) electrons. The molecule has 0 saturated carbocycles. The molecule has 0 aliphatic carbocycles. The van der Waals surface area contributed by atoms with Gasteiger partial charge >= 0.3 is 0 Å². The highest BCUT2D eigenvalue weighted by Gasteiger charge is 2.22. The minimum absolute atomic E-state index is 0.179. The minimum atomic E-state index is -0.324. The smallest absolute Gasteiger partial charge is 0.161 e. The molecule has 1 aromatic heterocycles. The van der Waals surface area contributed by atoms with Gasteiger partial charge in [0.25, 0.3) is 0 Å². The van der Waals surface area contributed by atoms with E-state index in [1.807, 2.05) is 20.8 Å². The topological polar surface area (TPSA) is 51.8 Å². The summed E-state index contributed by atoms with van der Waals surface area (Å²) in [6.45, 7) is 6.14. The number of nitrogens with two attached hydrogens (primary N) is 1. The quantitative estimate of drug-likeness (QED) is 0.752. The average molecular weight is 403 g/mol. The summed E-state index contributed by atoms with van der Waals surface area (Å²) in [6, 6.07) is 4.65. The Morgan fingerprint density at radius 2 is 1.80 bits per heavy atom. The van der Waals surface area contributed by atoms with Gasteiger partial charge in [0.2, 0.25) is 0 Å². The van der Waals surface area contributed by atoms with E-state index in [2.05, 4.69) is 41.8 Å². The summed E-state index contributed by atoms with van der Waals surface area (Å²) < 4.78 is 14.4. The van der Waals surface area contributed by atoms with Crippen molar-refractivity contribution >= 4 is 37.7 Å². The van der Waals surface area contributed by atoms with Gasteiger partial charge in [0, 0.05) is 11.0 Å². The van der Waals surface area contributed by atoms with Crippen molar-refractivity contribution in [2.75, 3.05) is 5.73 Å². The lowest BCUT2D eigenvalue weighted by atomic mass is 9.91. The third-order valence-corrected chi connectivity index (χ3v) is 4.15. The first-order chi connectivity index (χ1) is 9.20. The summed E-state index contributed by atoms with van der Waals surface area (Å²) >= 11 is 6.59. The van der Waals surface area contributed by atoms with Crippen molar-refractivity contribution in [3.05, 3.63) is 38.7 Å². The zero-order chi connectivity index (χ0) is 15.1. The molecule has 0 amide bonds. The van der Waals surface area contributed by atoms with Gasteiger partial charge in [-0.2, -0.15) is 0 Å². The Morgan fingerprint density at radius 3 is 2.35 bits per heavy atom. The molecule has 106 valence electrons. The fourth-order valence-corrected chi connectivity index (χ4v) is 2.88. The molecule has 20 heavy (non-hydrogen) atoms. The first-order valence-corrected chi connectivity index (χ1v) is 7.57. The SMILES string of the molecule is CC(C)(C)c1nc(-c2ccc(F)c(Br)c2)nc(N)c1Br. The molecule has 0 spiro atoms. The van der Waals surface area contributed by atoms with Crippen molar-refractivity contribution in [3.8, 4) is 11.4 Å². The summed E-state index contributed by atoms with van der Waals surface area (Å²) in [7, 11) is 0. The summed E-state index contributed by atoms with van der Waals surface area (Å²) in [5.41, 5.74) is 7.29. The number of nitrogen functional groups attached to an aromatic ring is 1. The van der Waals surface area contributed by atoms with Crippen LogP contribution in [0.25, 0.3) is 11.4 Å². The van der Waals surface area contributed by atoms with Crippen molar-refractivity contribution in [1.82, 2.24) is 9.97 Å². The highest BCUT2D eigenvalue weighted by molar-refractivity contribution is 9.11. The highest BCUT2D eigenvalue weighted by atomic mass is 79.9. The number of hydrogen-bond donors (Lipinski definition) is 1. The molecular weight excluding hydrogens is 389 g/mol. The van der Waals surface area contributed by atoms with Crippen LogP contribution in [0.4, 0.5) is 10.2 Å². The molecule has 2 aromatic rings. The van der Waals surface area contributed by atoms with Crippen LogP contribution < -0.4 is 5.73 Å². The van der Waals surface area contributed by atoms with Gasteiger partial charge in [-0.25, -0.2) is 14.4 Å². The average Bonchev–Trinajstić information content (AvgIpc) is 2.34. The van der Waals surface area contributed by atoms with E-state index < -0.39 is 0 Å². The van der Waals surface area contributed by atoms with Crippen LogP contribution >= 0.6 is 31.9 Å². The summed E-state index contributed by atoms with van der Waals surface area (Å²) in [5.74, 6) is 0.534. The van der Waals surface area contributed by atoms with Crippen LogP contribution in [0, 0.1) is 5.82 Å². The maximum absolute atomic E-state index is 13.3. The van der Waals surface area contributed by atoms with E-state index in [0.29, 0.717) is 26.2 Å². The number of aromatic nitrogens is 2. The number of hydrogen-bond acceptors (Lipinski definition) is 3. The van der Waals surface area contributed by atoms with Crippen molar-refractivity contribution in [1.29, 1.82) is 0 Å². The lowest BCUT2D eigenvalue weighted by Crippen LogP contribution is -2.17. The standard InChI is InChI=1S/C14H14Br2FN3/c1-14(2,3)11-10(16)12(18)20-13(19-11)7-4-5-9(17)8(15)6-7/h4-6H,1-3H3,(H2,18,19,20). The lowest BCUT2D eigenvalue weighted by molar-refractivity contribution is 0.564. The summed E-state index contributed by atoms with van der Waals surface area (Å²) in [5, 5.41) is 0. The summed E-state index contributed by atoms with van der Waals surface area (Å²) in [4.78, 5) is 8.83. The molecule has 0 fully saturated rings. The maximum atomic E-state index is 13.3. The van der Waals surface area contributed by atoms with Crippen LogP contribution in [0.3, 0.4) is 0 Å². The van der Waals surface area contributed by atoms with Gasteiger partial charge in [0.15, 0.2) is 5.82 Å². The van der Waals surface area contributed by atoms with Gasteiger partial charge in [-0.05, 0) is 50.1 Å². The Kier molecular flexibility index (Phi) is 4.16. The first kappa shape index (κ1) is 15.4. The molecule has 0 bridgehead atoms. The Bertz CT molecular complexity index is 666. The number of halogens is 3. The first-order valence-electron chi connectivity index (χ1n) is 5.99. The van der Waals surface area contributed by atoms with E-state index in [1.165, 1.54) is 6.07 Å². The van der Waals surface area contributed by atoms with E-state index in [-0.39, 0.29) is 11.2 Å². The van der Waals surface area contributed by atoms with Crippen LogP contribution in [0.5, 0.6) is 0 Å². The molecular formula is C14H14Br2FN3. The number of nitrogens with zero attached hydrogens (tertiary/aromatic N) is 2. The maximum Gasteiger partial charge on any atom is 0.161 e. The molecule has 0 aliphatic heterocycles. The molecule has 0 aliphatic rings. The predicted octanol–water partition coefficient (Wildman–Crippen LogP) is 4.69. The Hall–Kier alpha value is -1.01. The number of benzene rings is 1. The van der Waals surface area contributed by atoms with E-state index in [9.17, 15) is 4.39 Å². The largest absolute Gasteiger partial charge is 0.383 e. The molecule has 0 atom stereocenters. The van der Waals surface area contributed by atoms with Gasteiger partial charge in [-0.15, -0.1) is 0 Å². The minimum Gasteiger partial charge on any atom is -0.383 e. The zero-order valence-electron chi connectivity index (χ0n) is 11.3. The Labute approximate surface area is 134 Å². The number of anilines is 1. The molecule has 3 nitrogen and oxygen atoms in total. The van der Waals surface area contributed by atoms with Crippen molar-refractivity contribution in [2.45, 2.75) is 26.2 Å². The van der Waals surface area contributed by atoms with E-state index in [4.69, 9.17) is 5.73 Å². The van der Waals surface area contributed by atoms with E-state index in [1.54, 1.807) is 12.1 Å². The van der Waals surface area contributed by atoms with Gasteiger partial charge in [-0.3, -0.25) is 0 Å². The monoisotopic (exact) mass is 401 g/mol. The highest BCUT2D eigenvalue weighted by Crippen LogP contribution is 2.33. The fraction of sp³-hybridized carbons (Fsp3) is 0.286. The molecule has 0 saturated heterocycles. The van der Waals surface area contributed by atoms with Crippen LogP contribution in [-0.4, -0.2) is 9.97 Å². The second kappa shape index (κ2) is 5.41. The zero-order valence-corrected chi connectivity index (χ0v) is 14.5. The van der Waals surface area contributed by atoms with Crippen LogP contribution in [0.15, 0.2) is 27.1 Å². The normalized spacial score (nSPS) is 11.7. The van der Waals surface area contributed by atoms with E-state index in [0.717, 1.165) is 5.69 Å².